The SMILES string of the molecule is CCCCCCCC/C=C\CCCCCCCC(=O)OCC1CCCCO1. The number of carbonyl (C=O) groups excluding carboxylic acids is 1. The van der Waals surface area contributed by atoms with E-state index in [0.717, 1.165) is 32.3 Å². The lowest BCUT2D eigenvalue weighted by atomic mass is 10.1. The number of hydrogen-bond donors (Lipinski definition) is 0. The molecular weight excluding hydrogens is 336 g/mol. The molecule has 0 spiro atoms. The lowest BCUT2D eigenvalue weighted by molar-refractivity contribution is -0.149. The van der Waals surface area contributed by atoms with Crippen LogP contribution in [0.25, 0.3) is 0 Å². The second-order valence-corrected chi connectivity index (χ2v) is 8.01. The van der Waals surface area contributed by atoms with Crippen LogP contribution < -0.4 is 0 Å². The molecule has 0 bridgehead atoms. The summed E-state index contributed by atoms with van der Waals surface area (Å²) in [5.74, 6) is -0.0539. The smallest absolute Gasteiger partial charge is 0.305 e. The van der Waals surface area contributed by atoms with E-state index in [1.807, 2.05) is 0 Å². The first-order valence-electron chi connectivity index (χ1n) is 11.7. The molecule has 0 amide bonds. The van der Waals surface area contributed by atoms with Gasteiger partial charge in [0.2, 0.25) is 0 Å². The number of esters is 1. The Kier molecular flexibility index (Phi) is 16.6. The van der Waals surface area contributed by atoms with Gasteiger partial charge in [-0.3, -0.25) is 4.79 Å². The molecule has 1 fully saturated rings. The van der Waals surface area contributed by atoms with Crippen LogP contribution in [-0.2, 0) is 14.3 Å². The fraction of sp³-hybridized carbons (Fsp3) is 0.875. The van der Waals surface area contributed by atoms with Gasteiger partial charge in [0.1, 0.15) is 6.61 Å². The largest absolute Gasteiger partial charge is 0.463 e. The Morgan fingerprint density at radius 1 is 0.889 bits per heavy atom. The van der Waals surface area contributed by atoms with Crippen molar-refractivity contribution in [2.75, 3.05) is 13.2 Å². The van der Waals surface area contributed by atoms with Gasteiger partial charge in [0.05, 0.1) is 6.10 Å². The van der Waals surface area contributed by atoms with Crippen molar-refractivity contribution < 1.29 is 14.3 Å². The summed E-state index contributed by atoms with van der Waals surface area (Å²) in [6, 6.07) is 0. The standard InChI is InChI=1S/C24H44O3/c1-2-3-4-5-6-7-8-9-10-11-12-13-14-15-16-20-24(25)27-22-23-19-17-18-21-26-23/h9-10,23H,2-8,11-22H2,1H3/b10-9-. The number of hydrogen-bond acceptors (Lipinski definition) is 3. The van der Waals surface area contributed by atoms with Gasteiger partial charge in [0, 0.05) is 13.0 Å². The second-order valence-electron chi connectivity index (χ2n) is 8.01. The molecule has 1 heterocycles. The molecular formula is C24H44O3. The zero-order valence-electron chi connectivity index (χ0n) is 17.9. The van der Waals surface area contributed by atoms with E-state index in [9.17, 15) is 4.79 Å². The van der Waals surface area contributed by atoms with Crippen molar-refractivity contribution in [3.63, 3.8) is 0 Å². The number of ether oxygens (including phenoxy) is 2. The first-order valence-corrected chi connectivity index (χ1v) is 11.7. The molecule has 27 heavy (non-hydrogen) atoms. The highest BCUT2D eigenvalue weighted by molar-refractivity contribution is 5.69. The summed E-state index contributed by atoms with van der Waals surface area (Å²) in [5, 5.41) is 0. The summed E-state index contributed by atoms with van der Waals surface area (Å²) in [4.78, 5) is 11.7. The molecule has 1 atom stereocenters. The molecule has 1 aliphatic rings. The highest BCUT2D eigenvalue weighted by Gasteiger charge is 2.15. The molecule has 1 unspecified atom stereocenters. The summed E-state index contributed by atoms with van der Waals surface area (Å²) in [7, 11) is 0. The van der Waals surface area contributed by atoms with E-state index in [2.05, 4.69) is 19.1 Å². The van der Waals surface area contributed by atoms with Gasteiger partial charge in [-0.05, 0) is 51.4 Å². The zero-order valence-corrected chi connectivity index (χ0v) is 17.9. The average Bonchev–Trinajstić information content (AvgIpc) is 2.70. The Morgan fingerprint density at radius 3 is 2.15 bits per heavy atom. The fourth-order valence-corrected chi connectivity index (χ4v) is 3.54. The Bertz CT molecular complexity index is 359. The van der Waals surface area contributed by atoms with Crippen molar-refractivity contribution in [2.24, 2.45) is 0 Å². The molecule has 0 N–H and O–H groups in total. The van der Waals surface area contributed by atoms with Crippen LogP contribution in [-0.4, -0.2) is 25.3 Å². The van der Waals surface area contributed by atoms with E-state index < -0.39 is 0 Å². The van der Waals surface area contributed by atoms with E-state index >= 15 is 0 Å². The minimum atomic E-state index is -0.0539. The van der Waals surface area contributed by atoms with Gasteiger partial charge in [-0.15, -0.1) is 0 Å². The molecule has 1 aliphatic heterocycles. The van der Waals surface area contributed by atoms with Gasteiger partial charge in [-0.1, -0.05) is 70.4 Å². The summed E-state index contributed by atoms with van der Waals surface area (Å²) in [5.41, 5.74) is 0. The van der Waals surface area contributed by atoms with Crippen molar-refractivity contribution in [3.05, 3.63) is 12.2 Å². The number of unbranched alkanes of at least 4 members (excludes halogenated alkanes) is 11. The fourth-order valence-electron chi connectivity index (χ4n) is 3.54. The van der Waals surface area contributed by atoms with Gasteiger partial charge < -0.3 is 9.47 Å². The molecule has 1 saturated heterocycles. The highest BCUT2D eigenvalue weighted by atomic mass is 16.6. The lowest BCUT2D eigenvalue weighted by Gasteiger charge is -2.22. The minimum absolute atomic E-state index is 0.0539. The van der Waals surface area contributed by atoms with Crippen LogP contribution >= 0.6 is 0 Å². The third-order valence-electron chi connectivity index (χ3n) is 5.35. The quantitative estimate of drug-likeness (QED) is 0.153. The molecule has 0 aromatic heterocycles. The predicted molar refractivity (Wildman–Crippen MR) is 114 cm³/mol. The lowest BCUT2D eigenvalue weighted by Crippen LogP contribution is -2.25. The summed E-state index contributed by atoms with van der Waals surface area (Å²) in [6.45, 7) is 3.53. The van der Waals surface area contributed by atoms with Gasteiger partial charge in [-0.2, -0.15) is 0 Å². The van der Waals surface area contributed by atoms with Gasteiger partial charge in [0.25, 0.3) is 0 Å². The molecule has 0 aromatic rings. The molecule has 158 valence electrons. The Morgan fingerprint density at radius 2 is 1.52 bits per heavy atom. The summed E-state index contributed by atoms with van der Waals surface area (Å²) >= 11 is 0. The van der Waals surface area contributed by atoms with Crippen LogP contribution in [0.4, 0.5) is 0 Å². The van der Waals surface area contributed by atoms with E-state index in [4.69, 9.17) is 9.47 Å². The number of rotatable bonds is 17. The number of allylic oxidation sites excluding steroid dienone is 2. The van der Waals surface area contributed by atoms with Crippen LogP contribution in [0.5, 0.6) is 0 Å². The Labute approximate surface area is 168 Å². The zero-order chi connectivity index (χ0) is 19.4. The first-order chi connectivity index (χ1) is 13.3. The summed E-state index contributed by atoms with van der Waals surface area (Å²) < 4.78 is 10.9. The normalized spacial score (nSPS) is 17.4. The van der Waals surface area contributed by atoms with Gasteiger partial charge >= 0.3 is 5.97 Å². The average molecular weight is 381 g/mol. The number of carbonyl (C=O) groups is 1. The molecule has 3 heteroatoms. The molecule has 0 radical (unpaired) electrons. The molecule has 0 saturated carbocycles. The molecule has 3 nitrogen and oxygen atoms in total. The van der Waals surface area contributed by atoms with Crippen LogP contribution in [0.3, 0.4) is 0 Å². The third kappa shape index (κ3) is 15.9. The predicted octanol–water partition coefficient (Wildman–Crippen LogP) is 7.14. The van der Waals surface area contributed by atoms with Gasteiger partial charge in [-0.25, -0.2) is 0 Å². The highest BCUT2D eigenvalue weighted by Crippen LogP contribution is 2.14. The van der Waals surface area contributed by atoms with Gasteiger partial charge in [0.15, 0.2) is 0 Å². The first kappa shape index (κ1) is 24.2. The summed E-state index contributed by atoms with van der Waals surface area (Å²) in [6.07, 6.45) is 25.4. The maximum atomic E-state index is 11.7. The maximum Gasteiger partial charge on any atom is 0.305 e. The van der Waals surface area contributed by atoms with Crippen LogP contribution in [0, 0.1) is 0 Å². The van der Waals surface area contributed by atoms with E-state index in [1.165, 1.54) is 77.0 Å². The van der Waals surface area contributed by atoms with Crippen molar-refractivity contribution in [1.29, 1.82) is 0 Å². The van der Waals surface area contributed by atoms with Crippen LogP contribution in [0.2, 0.25) is 0 Å². The van der Waals surface area contributed by atoms with Crippen molar-refractivity contribution in [1.82, 2.24) is 0 Å². The topological polar surface area (TPSA) is 35.5 Å². The van der Waals surface area contributed by atoms with Crippen molar-refractivity contribution in [2.45, 2.75) is 122 Å². The Hall–Kier alpha value is -0.830. The maximum absolute atomic E-state index is 11.7. The van der Waals surface area contributed by atoms with Crippen LogP contribution in [0.15, 0.2) is 12.2 Å². The van der Waals surface area contributed by atoms with E-state index in [-0.39, 0.29) is 12.1 Å². The minimum Gasteiger partial charge on any atom is -0.463 e. The second kappa shape index (κ2) is 18.5. The van der Waals surface area contributed by atoms with Crippen molar-refractivity contribution >= 4 is 5.97 Å². The van der Waals surface area contributed by atoms with Crippen molar-refractivity contribution in [3.8, 4) is 0 Å². The van der Waals surface area contributed by atoms with Crippen LogP contribution in [0.1, 0.15) is 116 Å². The third-order valence-corrected chi connectivity index (χ3v) is 5.35. The molecule has 0 aromatic carbocycles. The monoisotopic (exact) mass is 380 g/mol. The Balaban J connectivity index is 1.78. The molecule has 1 rings (SSSR count). The van der Waals surface area contributed by atoms with E-state index in [0.29, 0.717) is 13.0 Å². The molecule has 0 aliphatic carbocycles. The van der Waals surface area contributed by atoms with E-state index in [1.54, 1.807) is 0 Å².